The first-order valence-electron chi connectivity index (χ1n) is 7.38. The standard InChI is InChI=1S/C18H24NOP/c1-18(2,3)21(20,17-12-8-5-9-13-17)19-15-14-16-10-6-4-7-11-16/h4-13H,14-15H2,1-3H3,(H,19,20). The van der Waals surface area contributed by atoms with Crippen LogP contribution in [0, 0.1) is 0 Å². The monoisotopic (exact) mass is 301 g/mol. The van der Waals surface area contributed by atoms with Crippen molar-refractivity contribution in [2.24, 2.45) is 0 Å². The van der Waals surface area contributed by atoms with Gasteiger partial charge in [-0.1, -0.05) is 81.4 Å². The molecule has 21 heavy (non-hydrogen) atoms. The minimum Gasteiger partial charge on any atom is -0.301 e. The fourth-order valence-corrected chi connectivity index (χ4v) is 4.81. The maximum absolute atomic E-state index is 13.5. The lowest BCUT2D eigenvalue weighted by molar-refractivity contribution is 0.544. The second kappa shape index (κ2) is 6.60. The van der Waals surface area contributed by atoms with E-state index in [1.807, 2.05) is 69.3 Å². The van der Waals surface area contributed by atoms with E-state index in [1.165, 1.54) is 5.56 Å². The van der Waals surface area contributed by atoms with Gasteiger partial charge in [-0.25, -0.2) is 0 Å². The third kappa shape index (κ3) is 3.84. The molecule has 0 saturated heterocycles. The lowest BCUT2D eigenvalue weighted by Gasteiger charge is -2.32. The molecular formula is C18H24NOP. The molecule has 0 radical (unpaired) electrons. The van der Waals surface area contributed by atoms with E-state index in [-0.39, 0.29) is 5.16 Å². The highest BCUT2D eigenvalue weighted by Crippen LogP contribution is 2.52. The normalized spacial score (nSPS) is 14.6. The van der Waals surface area contributed by atoms with Gasteiger partial charge in [0, 0.05) is 17.0 Å². The van der Waals surface area contributed by atoms with Gasteiger partial charge in [0.2, 0.25) is 0 Å². The summed E-state index contributed by atoms with van der Waals surface area (Å²) in [5.41, 5.74) is 1.26. The molecule has 0 aliphatic carbocycles. The average molecular weight is 301 g/mol. The van der Waals surface area contributed by atoms with Crippen molar-refractivity contribution < 1.29 is 4.57 Å². The minimum atomic E-state index is -2.64. The van der Waals surface area contributed by atoms with E-state index in [4.69, 9.17) is 0 Å². The van der Waals surface area contributed by atoms with Gasteiger partial charge in [-0.3, -0.25) is 5.09 Å². The SMILES string of the molecule is CC(C)(C)P(=O)(NCCc1ccccc1)c1ccccc1. The highest BCUT2D eigenvalue weighted by molar-refractivity contribution is 7.71. The molecule has 0 saturated carbocycles. The molecule has 0 heterocycles. The molecule has 3 heteroatoms. The van der Waals surface area contributed by atoms with Crippen LogP contribution in [0.3, 0.4) is 0 Å². The van der Waals surface area contributed by atoms with Gasteiger partial charge in [0.25, 0.3) is 0 Å². The molecule has 0 fully saturated rings. The molecular weight excluding hydrogens is 277 g/mol. The smallest absolute Gasteiger partial charge is 0.181 e. The topological polar surface area (TPSA) is 29.1 Å². The second-order valence-corrected chi connectivity index (χ2v) is 9.65. The zero-order valence-corrected chi connectivity index (χ0v) is 13.9. The fourth-order valence-electron chi connectivity index (χ4n) is 2.36. The van der Waals surface area contributed by atoms with Crippen LogP contribution in [0.5, 0.6) is 0 Å². The van der Waals surface area contributed by atoms with Crippen molar-refractivity contribution in [2.45, 2.75) is 32.3 Å². The molecule has 0 aliphatic rings. The van der Waals surface area contributed by atoms with Crippen LogP contribution in [-0.2, 0) is 11.0 Å². The summed E-state index contributed by atoms with van der Waals surface area (Å²) in [5.74, 6) is 0. The zero-order valence-electron chi connectivity index (χ0n) is 13.0. The largest absolute Gasteiger partial charge is 0.301 e. The first-order valence-corrected chi connectivity index (χ1v) is 9.09. The quantitative estimate of drug-likeness (QED) is 0.838. The summed E-state index contributed by atoms with van der Waals surface area (Å²) in [6, 6.07) is 20.1. The number of nitrogens with one attached hydrogen (secondary N) is 1. The number of hydrogen-bond donors (Lipinski definition) is 1. The van der Waals surface area contributed by atoms with E-state index in [1.54, 1.807) is 0 Å². The van der Waals surface area contributed by atoms with Crippen LogP contribution in [0.15, 0.2) is 60.7 Å². The van der Waals surface area contributed by atoms with Gasteiger partial charge in [-0.05, 0) is 12.0 Å². The molecule has 0 spiro atoms. The van der Waals surface area contributed by atoms with E-state index in [9.17, 15) is 4.57 Å². The molecule has 0 bridgehead atoms. The molecule has 0 aromatic heterocycles. The van der Waals surface area contributed by atoms with E-state index < -0.39 is 7.29 Å². The highest BCUT2D eigenvalue weighted by atomic mass is 31.2. The summed E-state index contributed by atoms with van der Waals surface area (Å²) >= 11 is 0. The fraction of sp³-hybridized carbons (Fsp3) is 0.333. The highest BCUT2D eigenvalue weighted by Gasteiger charge is 2.37. The molecule has 1 N–H and O–H groups in total. The summed E-state index contributed by atoms with van der Waals surface area (Å²) in [6.45, 7) is 6.83. The van der Waals surface area contributed by atoms with Crippen molar-refractivity contribution in [1.82, 2.24) is 5.09 Å². The predicted octanol–water partition coefficient (Wildman–Crippen LogP) is 4.22. The van der Waals surface area contributed by atoms with Crippen LogP contribution in [0.1, 0.15) is 26.3 Å². The first kappa shape index (κ1) is 16.0. The lowest BCUT2D eigenvalue weighted by Crippen LogP contribution is -2.33. The van der Waals surface area contributed by atoms with E-state index >= 15 is 0 Å². The minimum absolute atomic E-state index is 0.301. The summed E-state index contributed by atoms with van der Waals surface area (Å²) in [4.78, 5) is 0. The van der Waals surface area contributed by atoms with Gasteiger partial charge in [-0.2, -0.15) is 0 Å². The summed E-state index contributed by atoms with van der Waals surface area (Å²) < 4.78 is 13.5. The molecule has 0 amide bonds. The molecule has 2 rings (SSSR count). The molecule has 1 atom stereocenters. The number of rotatable bonds is 5. The second-order valence-electron chi connectivity index (χ2n) is 6.26. The van der Waals surface area contributed by atoms with Gasteiger partial charge < -0.3 is 4.57 Å². The van der Waals surface area contributed by atoms with Crippen LogP contribution >= 0.6 is 7.29 Å². The van der Waals surface area contributed by atoms with Crippen LogP contribution in [-0.4, -0.2) is 11.7 Å². The maximum atomic E-state index is 13.5. The van der Waals surface area contributed by atoms with Crippen molar-refractivity contribution in [3.63, 3.8) is 0 Å². The Hall–Kier alpha value is -1.37. The molecule has 2 aromatic carbocycles. The van der Waals surface area contributed by atoms with Gasteiger partial charge in [0.1, 0.15) is 0 Å². The first-order chi connectivity index (χ1) is 9.93. The van der Waals surface area contributed by atoms with Crippen LogP contribution < -0.4 is 10.4 Å². The van der Waals surface area contributed by atoms with Gasteiger partial charge in [-0.15, -0.1) is 0 Å². The van der Waals surface area contributed by atoms with Gasteiger partial charge in [0.15, 0.2) is 7.29 Å². The van der Waals surface area contributed by atoms with E-state index in [0.717, 1.165) is 11.7 Å². The van der Waals surface area contributed by atoms with Crippen molar-refractivity contribution in [3.8, 4) is 0 Å². The Morgan fingerprint density at radius 3 is 1.95 bits per heavy atom. The molecule has 2 nitrogen and oxygen atoms in total. The third-order valence-corrected chi connectivity index (χ3v) is 7.24. The van der Waals surface area contributed by atoms with Crippen LogP contribution in [0.4, 0.5) is 0 Å². The van der Waals surface area contributed by atoms with Gasteiger partial charge >= 0.3 is 0 Å². The Balaban J connectivity index is 2.13. The molecule has 0 aliphatic heterocycles. The predicted molar refractivity (Wildman–Crippen MR) is 91.6 cm³/mol. The Morgan fingerprint density at radius 2 is 1.43 bits per heavy atom. The Morgan fingerprint density at radius 1 is 0.905 bits per heavy atom. The van der Waals surface area contributed by atoms with Crippen LogP contribution in [0.25, 0.3) is 0 Å². The summed E-state index contributed by atoms with van der Waals surface area (Å²) in [6.07, 6.45) is 0.883. The summed E-state index contributed by atoms with van der Waals surface area (Å²) in [5, 5.41) is 3.96. The number of hydrogen-bond acceptors (Lipinski definition) is 1. The van der Waals surface area contributed by atoms with Crippen molar-refractivity contribution in [1.29, 1.82) is 0 Å². The Kier molecular flexibility index (Phi) is 5.03. The Bertz CT molecular complexity index is 602. The molecule has 2 aromatic rings. The van der Waals surface area contributed by atoms with Crippen molar-refractivity contribution in [3.05, 3.63) is 66.2 Å². The Labute approximate surface area is 128 Å². The lowest BCUT2D eigenvalue weighted by atomic mass is 10.2. The third-order valence-electron chi connectivity index (χ3n) is 3.66. The summed E-state index contributed by atoms with van der Waals surface area (Å²) in [7, 11) is -2.64. The van der Waals surface area contributed by atoms with E-state index in [2.05, 4.69) is 17.2 Å². The van der Waals surface area contributed by atoms with Gasteiger partial charge in [0.05, 0.1) is 0 Å². The van der Waals surface area contributed by atoms with E-state index in [0.29, 0.717) is 6.54 Å². The maximum Gasteiger partial charge on any atom is 0.181 e. The van der Waals surface area contributed by atoms with Crippen LogP contribution in [0.2, 0.25) is 0 Å². The van der Waals surface area contributed by atoms with Crippen molar-refractivity contribution >= 4 is 12.6 Å². The molecule has 112 valence electrons. The molecule has 1 unspecified atom stereocenters. The number of benzene rings is 2. The van der Waals surface area contributed by atoms with Crippen molar-refractivity contribution in [2.75, 3.05) is 6.54 Å². The zero-order chi connectivity index (χ0) is 15.3. The average Bonchev–Trinajstić information content (AvgIpc) is 2.48.